The minimum Gasteiger partial charge on any atom is -0.387 e. The molecule has 2 N–H and O–H groups in total. The molecule has 2 aromatic rings. The number of aromatic amines is 1. The maximum absolute atomic E-state index is 4.19. The van der Waals surface area contributed by atoms with Crippen molar-refractivity contribution in [2.45, 2.75) is 0 Å². The fourth-order valence-corrected chi connectivity index (χ4v) is 1.08. The van der Waals surface area contributed by atoms with Crippen LogP contribution >= 0.6 is 12.4 Å². The molecule has 0 aliphatic rings. The number of anilines is 1. The molecular weight excluding hydrogens is 174 g/mol. The highest BCUT2D eigenvalue weighted by atomic mass is 35.5. The van der Waals surface area contributed by atoms with Crippen LogP contribution in [-0.2, 0) is 0 Å². The quantitative estimate of drug-likeness (QED) is 0.710. The topological polar surface area (TPSA) is 40.7 Å². The number of fused-ring (bicyclic) bond motifs is 1. The molecular formula is C8H10ClN3. The van der Waals surface area contributed by atoms with Crippen LogP contribution in [0.2, 0.25) is 0 Å². The minimum absolute atomic E-state index is 0. The first-order valence-corrected chi connectivity index (χ1v) is 3.51. The maximum atomic E-state index is 4.19. The molecule has 0 radical (unpaired) electrons. The van der Waals surface area contributed by atoms with Crippen LogP contribution in [0.3, 0.4) is 0 Å². The van der Waals surface area contributed by atoms with Gasteiger partial charge < -0.3 is 10.3 Å². The van der Waals surface area contributed by atoms with Crippen LogP contribution in [0, 0.1) is 0 Å². The standard InChI is InChI=1S/C8H9N3.ClH/c1-9-7-4-6-2-3-10-8(6)11-5-7;/h2-5,9H,1H3,(H,10,11);1H. The van der Waals surface area contributed by atoms with E-state index in [9.17, 15) is 0 Å². The first-order chi connectivity index (χ1) is 5.40. The lowest BCUT2D eigenvalue weighted by Crippen LogP contribution is -1.88. The summed E-state index contributed by atoms with van der Waals surface area (Å²) in [5.41, 5.74) is 1.97. The van der Waals surface area contributed by atoms with Gasteiger partial charge in [0.15, 0.2) is 0 Å². The minimum atomic E-state index is 0. The molecule has 3 nitrogen and oxygen atoms in total. The number of hydrogen-bond acceptors (Lipinski definition) is 2. The Bertz CT molecular complexity index is 369. The molecule has 0 aliphatic carbocycles. The molecule has 4 heteroatoms. The van der Waals surface area contributed by atoms with Crippen LogP contribution in [0.25, 0.3) is 11.0 Å². The van der Waals surface area contributed by atoms with Gasteiger partial charge in [0.05, 0.1) is 11.9 Å². The molecule has 0 aliphatic heterocycles. The Morgan fingerprint density at radius 2 is 2.33 bits per heavy atom. The maximum Gasteiger partial charge on any atom is 0.137 e. The zero-order valence-electron chi connectivity index (χ0n) is 6.66. The summed E-state index contributed by atoms with van der Waals surface area (Å²) in [6.07, 6.45) is 3.69. The summed E-state index contributed by atoms with van der Waals surface area (Å²) in [6.45, 7) is 0. The zero-order valence-corrected chi connectivity index (χ0v) is 7.48. The van der Waals surface area contributed by atoms with E-state index in [1.165, 1.54) is 0 Å². The predicted octanol–water partition coefficient (Wildman–Crippen LogP) is 2.03. The Morgan fingerprint density at radius 1 is 1.50 bits per heavy atom. The lowest BCUT2D eigenvalue weighted by atomic mass is 10.3. The number of hydrogen-bond donors (Lipinski definition) is 2. The van der Waals surface area contributed by atoms with E-state index in [4.69, 9.17) is 0 Å². The van der Waals surface area contributed by atoms with Crippen LogP contribution in [0.4, 0.5) is 5.69 Å². The average molecular weight is 184 g/mol. The largest absolute Gasteiger partial charge is 0.387 e. The third-order valence-corrected chi connectivity index (χ3v) is 1.69. The van der Waals surface area contributed by atoms with Gasteiger partial charge in [-0.3, -0.25) is 0 Å². The number of nitrogens with one attached hydrogen (secondary N) is 2. The van der Waals surface area contributed by atoms with E-state index in [0.29, 0.717) is 0 Å². The lowest BCUT2D eigenvalue weighted by molar-refractivity contribution is 1.31. The number of nitrogens with zero attached hydrogens (tertiary/aromatic N) is 1. The average Bonchev–Trinajstić information content (AvgIpc) is 2.50. The van der Waals surface area contributed by atoms with E-state index in [1.54, 1.807) is 6.20 Å². The Kier molecular flexibility index (Phi) is 2.55. The monoisotopic (exact) mass is 183 g/mol. The zero-order chi connectivity index (χ0) is 7.68. The SMILES string of the molecule is CNc1cnc2[nH]ccc2c1.Cl. The summed E-state index contributed by atoms with van der Waals surface area (Å²) in [6, 6.07) is 4.06. The molecule has 0 atom stereocenters. The van der Waals surface area contributed by atoms with Crippen molar-refractivity contribution < 1.29 is 0 Å². The summed E-state index contributed by atoms with van der Waals surface area (Å²) in [7, 11) is 1.88. The first-order valence-electron chi connectivity index (χ1n) is 3.51. The number of halogens is 1. The molecule has 2 rings (SSSR count). The van der Waals surface area contributed by atoms with E-state index in [2.05, 4.69) is 21.4 Å². The molecule has 2 heterocycles. The van der Waals surface area contributed by atoms with Gasteiger partial charge in [0.2, 0.25) is 0 Å². The van der Waals surface area contributed by atoms with E-state index in [1.807, 2.05) is 19.3 Å². The fourth-order valence-electron chi connectivity index (χ4n) is 1.08. The van der Waals surface area contributed by atoms with Gasteiger partial charge in [-0.25, -0.2) is 4.98 Å². The van der Waals surface area contributed by atoms with Crippen molar-refractivity contribution in [2.75, 3.05) is 12.4 Å². The second kappa shape index (κ2) is 3.45. The summed E-state index contributed by atoms with van der Waals surface area (Å²) < 4.78 is 0. The van der Waals surface area contributed by atoms with Gasteiger partial charge in [0.1, 0.15) is 5.65 Å². The molecule has 0 fully saturated rings. The molecule has 12 heavy (non-hydrogen) atoms. The fraction of sp³-hybridized carbons (Fsp3) is 0.125. The van der Waals surface area contributed by atoms with Gasteiger partial charge in [-0.1, -0.05) is 0 Å². The first kappa shape index (κ1) is 8.87. The van der Waals surface area contributed by atoms with Gasteiger partial charge in [0, 0.05) is 18.6 Å². The van der Waals surface area contributed by atoms with Crippen molar-refractivity contribution in [3.63, 3.8) is 0 Å². The van der Waals surface area contributed by atoms with Gasteiger partial charge in [-0.2, -0.15) is 0 Å². The van der Waals surface area contributed by atoms with E-state index in [-0.39, 0.29) is 12.4 Å². The molecule has 0 saturated heterocycles. The van der Waals surface area contributed by atoms with Crippen molar-refractivity contribution in [1.29, 1.82) is 0 Å². The molecule has 0 aromatic carbocycles. The van der Waals surface area contributed by atoms with Crippen molar-refractivity contribution in [1.82, 2.24) is 9.97 Å². The predicted molar refractivity (Wildman–Crippen MR) is 52.9 cm³/mol. The van der Waals surface area contributed by atoms with E-state index >= 15 is 0 Å². The third-order valence-electron chi connectivity index (χ3n) is 1.69. The number of rotatable bonds is 1. The highest BCUT2D eigenvalue weighted by Gasteiger charge is 1.94. The third kappa shape index (κ3) is 1.36. The molecule has 2 aromatic heterocycles. The molecule has 64 valence electrons. The van der Waals surface area contributed by atoms with E-state index in [0.717, 1.165) is 16.7 Å². The molecule has 0 unspecified atom stereocenters. The highest BCUT2D eigenvalue weighted by Crippen LogP contribution is 2.13. The Labute approximate surface area is 76.6 Å². The Morgan fingerprint density at radius 3 is 3.08 bits per heavy atom. The molecule has 0 bridgehead atoms. The summed E-state index contributed by atoms with van der Waals surface area (Å²) in [5.74, 6) is 0. The van der Waals surface area contributed by atoms with Crippen LogP contribution in [0.5, 0.6) is 0 Å². The summed E-state index contributed by atoms with van der Waals surface area (Å²) in [5, 5.41) is 4.17. The summed E-state index contributed by atoms with van der Waals surface area (Å²) in [4.78, 5) is 7.23. The molecule has 0 saturated carbocycles. The van der Waals surface area contributed by atoms with Crippen molar-refractivity contribution in [3.8, 4) is 0 Å². The Balaban J connectivity index is 0.000000720. The van der Waals surface area contributed by atoms with Crippen molar-refractivity contribution >= 4 is 29.1 Å². The van der Waals surface area contributed by atoms with E-state index < -0.39 is 0 Å². The van der Waals surface area contributed by atoms with Crippen LogP contribution in [-0.4, -0.2) is 17.0 Å². The second-order valence-corrected chi connectivity index (χ2v) is 2.39. The Hall–Kier alpha value is -1.22. The van der Waals surface area contributed by atoms with Crippen LogP contribution in [0.1, 0.15) is 0 Å². The molecule has 0 amide bonds. The second-order valence-electron chi connectivity index (χ2n) is 2.39. The van der Waals surface area contributed by atoms with Crippen molar-refractivity contribution in [3.05, 3.63) is 24.5 Å². The number of pyridine rings is 1. The van der Waals surface area contributed by atoms with Crippen molar-refractivity contribution in [2.24, 2.45) is 0 Å². The van der Waals surface area contributed by atoms with Crippen LogP contribution in [0.15, 0.2) is 24.5 Å². The number of H-pyrrole nitrogens is 1. The summed E-state index contributed by atoms with van der Waals surface area (Å²) >= 11 is 0. The highest BCUT2D eigenvalue weighted by molar-refractivity contribution is 5.85. The van der Waals surface area contributed by atoms with Crippen LogP contribution < -0.4 is 5.32 Å². The van der Waals surface area contributed by atoms with Gasteiger partial charge >= 0.3 is 0 Å². The number of aromatic nitrogens is 2. The van der Waals surface area contributed by atoms with Gasteiger partial charge in [-0.15, -0.1) is 12.4 Å². The lowest BCUT2D eigenvalue weighted by Gasteiger charge is -1.96. The normalized spacial score (nSPS) is 9.42. The van der Waals surface area contributed by atoms with Gasteiger partial charge in [-0.05, 0) is 12.1 Å². The molecule has 0 spiro atoms. The van der Waals surface area contributed by atoms with Gasteiger partial charge in [0.25, 0.3) is 0 Å². The smallest absolute Gasteiger partial charge is 0.137 e.